The molecule has 1 heterocycles. The second-order valence-electron chi connectivity index (χ2n) is 6.08. The summed E-state index contributed by atoms with van der Waals surface area (Å²) in [5, 5.41) is 0.249. The maximum Gasteiger partial charge on any atom is 0.0413 e. The van der Waals surface area contributed by atoms with Crippen LogP contribution in [-0.2, 0) is 12.8 Å². The van der Waals surface area contributed by atoms with Crippen molar-refractivity contribution in [2.75, 3.05) is 0 Å². The van der Waals surface area contributed by atoms with Gasteiger partial charge in [0.15, 0.2) is 0 Å². The molecule has 0 spiro atoms. The van der Waals surface area contributed by atoms with Crippen molar-refractivity contribution in [1.29, 1.82) is 0 Å². The molecule has 4 atom stereocenters. The van der Waals surface area contributed by atoms with E-state index < -0.39 is 0 Å². The molecule has 1 nitrogen and oxygen atoms in total. The van der Waals surface area contributed by atoms with Crippen LogP contribution in [0.5, 0.6) is 0 Å². The standard InChI is InChI=1S/C18H18ClN/c19-16(11-12-7-9-20-10-8-12)18-15-6-5-13-3-1-2-4-14(13)17(15)18/h1-4,7-10,15-18H,5-6,11H2. The monoisotopic (exact) mass is 283 g/mol. The van der Waals surface area contributed by atoms with E-state index in [9.17, 15) is 0 Å². The van der Waals surface area contributed by atoms with Crippen LogP contribution >= 0.6 is 11.6 Å². The average Bonchev–Trinajstić information content (AvgIpc) is 3.23. The highest BCUT2D eigenvalue weighted by atomic mass is 35.5. The van der Waals surface area contributed by atoms with Crippen LogP contribution in [0.15, 0.2) is 48.8 Å². The van der Waals surface area contributed by atoms with Gasteiger partial charge in [0, 0.05) is 17.8 Å². The first kappa shape index (κ1) is 12.4. The molecular formula is C18H18ClN. The van der Waals surface area contributed by atoms with Gasteiger partial charge in [0.05, 0.1) is 0 Å². The first-order chi connectivity index (χ1) is 9.84. The third-order valence-corrected chi connectivity index (χ3v) is 5.43. The SMILES string of the molecule is ClC(Cc1ccncc1)C1C2CCc3ccccc3C21. The summed E-state index contributed by atoms with van der Waals surface area (Å²) >= 11 is 6.73. The van der Waals surface area contributed by atoms with Gasteiger partial charge in [-0.3, -0.25) is 4.98 Å². The highest BCUT2D eigenvalue weighted by Crippen LogP contribution is 2.62. The summed E-state index contributed by atoms with van der Waals surface area (Å²) in [6.45, 7) is 0. The van der Waals surface area contributed by atoms with Gasteiger partial charge in [-0.05, 0) is 65.8 Å². The van der Waals surface area contributed by atoms with Gasteiger partial charge in [-0.15, -0.1) is 11.6 Å². The molecule has 0 saturated heterocycles. The number of rotatable bonds is 3. The van der Waals surface area contributed by atoms with E-state index in [0.29, 0.717) is 11.8 Å². The van der Waals surface area contributed by atoms with Crippen molar-refractivity contribution in [1.82, 2.24) is 4.98 Å². The van der Waals surface area contributed by atoms with E-state index in [-0.39, 0.29) is 5.38 Å². The van der Waals surface area contributed by atoms with Gasteiger partial charge in [-0.2, -0.15) is 0 Å². The molecule has 2 heteroatoms. The summed E-state index contributed by atoms with van der Waals surface area (Å²) in [5.74, 6) is 2.19. The summed E-state index contributed by atoms with van der Waals surface area (Å²) < 4.78 is 0. The Morgan fingerprint density at radius 1 is 1.15 bits per heavy atom. The molecule has 0 radical (unpaired) electrons. The summed E-state index contributed by atoms with van der Waals surface area (Å²) in [7, 11) is 0. The molecule has 1 fully saturated rings. The molecule has 20 heavy (non-hydrogen) atoms. The number of hydrogen-bond donors (Lipinski definition) is 0. The quantitative estimate of drug-likeness (QED) is 0.769. The fraction of sp³-hybridized carbons (Fsp3) is 0.389. The lowest BCUT2D eigenvalue weighted by molar-refractivity contribution is 0.610. The molecule has 0 N–H and O–H groups in total. The molecule has 0 bridgehead atoms. The average molecular weight is 284 g/mol. The Balaban J connectivity index is 1.52. The molecular weight excluding hydrogens is 266 g/mol. The van der Waals surface area contributed by atoms with Crippen LogP contribution in [0.1, 0.15) is 29.0 Å². The van der Waals surface area contributed by atoms with Crippen molar-refractivity contribution in [2.24, 2.45) is 11.8 Å². The zero-order valence-corrected chi connectivity index (χ0v) is 12.1. The molecule has 102 valence electrons. The van der Waals surface area contributed by atoms with Gasteiger partial charge in [0.2, 0.25) is 0 Å². The molecule has 1 aromatic carbocycles. The van der Waals surface area contributed by atoms with E-state index in [1.165, 1.54) is 18.4 Å². The van der Waals surface area contributed by atoms with Gasteiger partial charge in [0.1, 0.15) is 0 Å². The van der Waals surface area contributed by atoms with E-state index in [1.54, 1.807) is 11.1 Å². The number of fused-ring (bicyclic) bond motifs is 3. The lowest BCUT2D eigenvalue weighted by Crippen LogP contribution is -2.08. The van der Waals surface area contributed by atoms with Gasteiger partial charge in [-0.25, -0.2) is 0 Å². The Morgan fingerprint density at radius 2 is 1.95 bits per heavy atom. The largest absolute Gasteiger partial charge is 0.265 e. The lowest BCUT2D eigenvalue weighted by atomic mass is 9.92. The van der Waals surface area contributed by atoms with E-state index in [2.05, 4.69) is 41.4 Å². The third-order valence-electron chi connectivity index (χ3n) is 4.99. The molecule has 4 unspecified atom stereocenters. The molecule has 2 aromatic rings. The normalized spacial score (nSPS) is 28.4. The molecule has 2 aliphatic rings. The van der Waals surface area contributed by atoms with Crippen LogP contribution in [0.4, 0.5) is 0 Å². The molecule has 2 aliphatic carbocycles. The van der Waals surface area contributed by atoms with Gasteiger partial charge in [-0.1, -0.05) is 24.3 Å². The second kappa shape index (κ2) is 4.89. The number of pyridine rings is 1. The number of halogens is 1. The number of hydrogen-bond acceptors (Lipinski definition) is 1. The van der Waals surface area contributed by atoms with Crippen LogP contribution in [0.3, 0.4) is 0 Å². The van der Waals surface area contributed by atoms with E-state index in [4.69, 9.17) is 11.6 Å². The Bertz CT molecular complexity index is 610. The first-order valence-corrected chi connectivity index (χ1v) is 7.89. The highest BCUT2D eigenvalue weighted by molar-refractivity contribution is 6.21. The predicted molar refractivity (Wildman–Crippen MR) is 82.1 cm³/mol. The fourth-order valence-electron chi connectivity index (χ4n) is 3.99. The number of alkyl halides is 1. The minimum absolute atomic E-state index is 0.249. The highest BCUT2D eigenvalue weighted by Gasteiger charge is 2.55. The zero-order chi connectivity index (χ0) is 13.5. The van der Waals surface area contributed by atoms with Gasteiger partial charge in [0.25, 0.3) is 0 Å². The number of benzene rings is 1. The van der Waals surface area contributed by atoms with Crippen LogP contribution in [0.25, 0.3) is 0 Å². The molecule has 1 saturated carbocycles. The maximum absolute atomic E-state index is 6.73. The van der Waals surface area contributed by atoms with E-state index >= 15 is 0 Å². The van der Waals surface area contributed by atoms with Crippen LogP contribution in [0.2, 0.25) is 0 Å². The Hall–Kier alpha value is -1.34. The molecule has 4 rings (SSSR count). The van der Waals surface area contributed by atoms with Crippen LogP contribution in [0, 0.1) is 11.8 Å². The van der Waals surface area contributed by atoms with Crippen molar-refractivity contribution in [3.05, 3.63) is 65.5 Å². The topological polar surface area (TPSA) is 12.9 Å². The zero-order valence-electron chi connectivity index (χ0n) is 11.4. The number of aromatic nitrogens is 1. The van der Waals surface area contributed by atoms with E-state index in [1.807, 2.05) is 12.4 Å². The smallest absolute Gasteiger partial charge is 0.0413 e. The van der Waals surface area contributed by atoms with Gasteiger partial charge < -0.3 is 0 Å². The van der Waals surface area contributed by atoms with Crippen molar-refractivity contribution in [2.45, 2.75) is 30.6 Å². The van der Waals surface area contributed by atoms with Crippen molar-refractivity contribution >= 4 is 11.6 Å². The second-order valence-corrected chi connectivity index (χ2v) is 6.64. The molecule has 0 aliphatic heterocycles. The van der Waals surface area contributed by atoms with Gasteiger partial charge >= 0.3 is 0 Å². The predicted octanol–water partition coefficient (Wildman–Crippen LogP) is 4.21. The van der Waals surface area contributed by atoms with Crippen molar-refractivity contribution < 1.29 is 0 Å². The fourth-order valence-corrected chi connectivity index (χ4v) is 4.51. The Labute approximate surface area is 125 Å². The minimum atomic E-state index is 0.249. The number of nitrogens with zero attached hydrogens (tertiary/aromatic N) is 1. The number of aryl methyl sites for hydroxylation is 1. The molecule has 0 amide bonds. The maximum atomic E-state index is 6.73. The summed E-state index contributed by atoms with van der Waals surface area (Å²) in [5.41, 5.74) is 4.41. The van der Waals surface area contributed by atoms with E-state index in [0.717, 1.165) is 12.3 Å². The van der Waals surface area contributed by atoms with Crippen LogP contribution in [-0.4, -0.2) is 10.4 Å². The van der Waals surface area contributed by atoms with Crippen LogP contribution < -0.4 is 0 Å². The Morgan fingerprint density at radius 3 is 2.80 bits per heavy atom. The minimum Gasteiger partial charge on any atom is -0.265 e. The Kier molecular flexibility index (Phi) is 3.03. The summed E-state index contributed by atoms with van der Waals surface area (Å²) in [4.78, 5) is 4.07. The third kappa shape index (κ3) is 2.05. The summed E-state index contributed by atoms with van der Waals surface area (Å²) in [6.07, 6.45) is 7.21. The lowest BCUT2D eigenvalue weighted by Gasteiger charge is -2.13. The first-order valence-electron chi connectivity index (χ1n) is 7.45. The summed E-state index contributed by atoms with van der Waals surface area (Å²) in [6, 6.07) is 13.1. The van der Waals surface area contributed by atoms with Crippen molar-refractivity contribution in [3.63, 3.8) is 0 Å². The van der Waals surface area contributed by atoms with Crippen molar-refractivity contribution in [3.8, 4) is 0 Å². The molecule has 1 aromatic heterocycles.